The van der Waals surface area contributed by atoms with Gasteiger partial charge in [0, 0.05) is 33.0 Å². The van der Waals surface area contributed by atoms with Crippen molar-refractivity contribution in [3.8, 4) is 11.5 Å². The number of rotatable bonds is 1. The molecule has 0 spiro atoms. The maximum absolute atomic E-state index is 12.9. The molecule has 8 heteroatoms. The van der Waals surface area contributed by atoms with Crippen LogP contribution in [0.4, 0.5) is 13.2 Å². The molecule has 0 saturated heterocycles. The van der Waals surface area contributed by atoms with Gasteiger partial charge in [0.2, 0.25) is 0 Å². The van der Waals surface area contributed by atoms with Crippen LogP contribution in [0, 0.1) is 41.8 Å². The molecule has 2 aromatic heterocycles. The molecular weight excluding hydrogens is 1230 g/mol. The minimum Gasteiger partial charge on any atom is -0.493 e. The molecule has 0 amide bonds. The largest absolute Gasteiger partial charge is 0.493 e. The van der Waals surface area contributed by atoms with Gasteiger partial charge in [0.05, 0.1) is 18.1 Å². The van der Waals surface area contributed by atoms with E-state index < -0.39 is 5.92 Å². The maximum Gasteiger partial charge on any atom is 0.279 e. The summed E-state index contributed by atoms with van der Waals surface area (Å²) in [5.74, 6) is 5.55. The van der Waals surface area contributed by atoms with E-state index in [0.717, 1.165) is 115 Å². The third-order valence-corrected chi connectivity index (χ3v) is 25.5. The van der Waals surface area contributed by atoms with E-state index in [0.29, 0.717) is 23.2 Å². The Bertz CT molecular complexity index is 3690. The van der Waals surface area contributed by atoms with E-state index in [4.69, 9.17) is 21.1 Å². The second kappa shape index (κ2) is 32.6. The normalized spacial score (nSPS) is 26.2. The molecule has 4 heterocycles. The Kier molecular flexibility index (Phi) is 24.8. The Hall–Kier alpha value is -5.34. The summed E-state index contributed by atoms with van der Waals surface area (Å²) in [6, 6.07) is 25.8. The Morgan fingerprint density at radius 3 is 1.53 bits per heavy atom. The summed E-state index contributed by atoms with van der Waals surface area (Å²) in [5, 5.41) is 1.04. The number of fused-ring (bicyclic) bond motifs is 5. The van der Waals surface area contributed by atoms with Crippen LogP contribution in [-0.2, 0) is 25.2 Å². The Morgan fingerprint density at radius 1 is 0.484 bits per heavy atom. The molecule has 0 unspecified atom stereocenters. The average molecular weight is 1340 g/mol. The van der Waals surface area contributed by atoms with Crippen molar-refractivity contribution in [1.29, 1.82) is 0 Å². The maximum atomic E-state index is 12.9. The monoisotopic (exact) mass is 1340 g/mol. The molecule has 0 saturated carbocycles. The van der Waals surface area contributed by atoms with Crippen molar-refractivity contribution >= 4 is 34.3 Å². The first-order chi connectivity index (χ1) is 45.4. The summed E-state index contributed by atoms with van der Waals surface area (Å²) in [7, 11) is 0. The highest BCUT2D eigenvalue weighted by atomic mass is 35.5. The average Bonchev–Trinajstić information content (AvgIpc) is 1.65. The summed E-state index contributed by atoms with van der Waals surface area (Å²) in [6.07, 6.45) is 39.8. The molecule has 13 aliphatic rings. The van der Waals surface area contributed by atoms with Gasteiger partial charge in [-0.15, -0.1) is 22.7 Å². The predicted molar refractivity (Wildman–Crippen MR) is 400 cm³/mol. The molecule has 9 atom stereocenters. The molecule has 0 bridgehead atoms. The minimum atomic E-state index is -2.66. The van der Waals surface area contributed by atoms with Crippen LogP contribution in [0.15, 0.2) is 171 Å². The van der Waals surface area contributed by atoms with E-state index in [1.165, 1.54) is 128 Å². The number of aryl methyl sites for hydroxylation is 4. The van der Waals surface area contributed by atoms with Gasteiger partial charge >= 0.3 is 0 Å². The van der Waals surface area contributed by atoms with Crippen molar-refractivity contribution < 1.29 is 22.6 Å². The quantitative estimate of drug-likeness (QED) is 0.167. The molecule has 11 aliphatic carbocycles. The van der Waals surface area contributed by atoms with Crippen molar-refractivity contribution in [2.24, 2.45) is 29.1 Å². The third kappa shape index (κ3) is 18.3. The number of para-hydroxylation sites is 1. The van der Waals surface area contributed by atoms with Crippen molar-refractivity contribution in [1.82, 2.24) is 0 Å². The number of allylic oxidation sites excluding steroid dienone is 16. The van der Waals surface area contributed by atoms with Crippen LogP contribution in [0.5, 0.6) is 11.5 Å². The first-order valence-electron chi connectivity index (χ1n) is 36.5. The Labute approximate surface area is 584 Å². The summed E-state index contributed by atoms with van der Waals surface area (Å²) in [6.45, 7) is 30.0. The Morgan fingerprint density at radius 2 is 0.968 bits per heavy atom. The van der Waals surface area contributed by atoms with Crippen LogP contribution < -0.4 is 9.47 Å². The molecule has 2 nitrogen and oxygen atoms in total. The van der Waals surface area contributed by atoms with Gasteiger partial charge in [-0.3, -0.25) is 0 Å². The molecule has 18 rings (SSSR count). The highest BCUT2D eigenvalue weighted by Crippen LogP contribution is 2.50. The van der Waals surface area contributed by atoms with Gasteiger partial charge in [-0.25, -0.2) is 13.2 Å². The molecular formula is C87H110ClF3O2S2. The second-order valence-electron chi connectivity index (χ2n) is 30.5. The minimum absolute atomic E-state index is 0.175. The van der Waals surface area contributed by atoms with Crippen LogP contribution >= 0.6 is 34.3 Å². The van der Waals surface area contributed by atoms with Crippen LogP contribution in [-0.4, -0.2) is 13.2 Å². The van der Waals surface area contributed by atoms with E-state index in [1.807, 2.05) is 23.5 Å². The van der Waals surface area contributed by atoms with Gasteiger partial charge in [-0.1, -0.05) is 189 Å². The third-order valence-electron chi connectivity index (χ3n) is 22.8. The summed E-state index contributed by atoms with van der Waals surface area (Å²) >= 11 is 9.16. The van der Waals surface area contributed by atoms with Gasteiger partial charge in [-0.2, -0.15) is 0 Å². The van der Waals surface area contributed by atoms with E-state index in [9.17, 15) is 13.2 Å². The number of hydrogen-bond donors (Lipinski definition) is 0. The number of halogens is 4. The van der Waals surface area contributed by atoms with Crippen molar-refractivity contribution in [3.05, 3.63) is 230 Å². The molecule has 0 N–H and O–H groups in total. The van der Waals surface area contributed by atoms with Crippen LogP contribution in [0.3, 0.4) is 0 Å². The van der Waals surface area contributed by atoms with Gasteiger partial charge in [0.25, 0.3) is 5.92 Å². The van der Waals surface area contributed by atoms with Gasteiger partial charge < -0.3 is 9.47 Å². The Balaban J connectivity index is 0.000000117. The lowest BCUT2D eigenvalue weighted by atomic mass is 9.79. The molecule has 510 valence electrons. The number of alkyl halides is 2. The van der Waals surface area contributed by atoms with Crippen molar-refractivity contribution in [2.75, 3.05) is 13.2 Å². The topological polar surface area (TPSA) is 18.5 Å². The highest BCUT2D eigenvalue weighted by molar-refractivity contribution is 7.12. The van der Waals surface area contributed by atoms with Gasteiger partial charge in [0.1, 0.15) is 17.3 Å². The zero-order valence-corrected chi connectivity index (χ0v) is 62.1. The zero-order chi connectivity index (χ0) is 67.7. The first kappa shape index (κ1) is 72.4. The van der Waals surface area contributed by atoms with Crippen LogP contribution in [0.2, 0.25) is 0 Å². The van der Waals surface area contributed by atoms with Crippen LogP contribution in [0.1, 0.15) is 268 Å². The van der Waals surface area contributed by atoms with E-state index in [-0.39, 0.29) is 10.7 Å². The number of thiophene rings is 2. The lowest BCUT2D eigenvalue weighted by Crippen LogP contribution is -2.16. The molecule has 5 aromatic rings. The van der Waals surface area contributed by atoms with E-state index >= 15 is 0 Å². The number of ether oxygens (including phenoxy) is 2. The molecule has 2 aliphatic heterocycles. The van der Waals surface area contributed by atoms with Gasteiger partial charge in [0.15, 0.2) is 0 Å². The molecule has 95 heavy (non-hydrogen) atoms. The van der Waals surface area contributed by atoms with Crippen LogP contribution in [0.25, 0.3) is 0 Å². The van der Waals surface area contributed by atoms with Gasteiger partial charge in [-0.05, 0) is 279 Å². The summed E-state index contributed by atoms with van der Waals surface area (Å²) < 4.78 is 49.6. The first-order valence-corrected chi connectivity index (χ1v) is 38.5. The van der Waals surface area contributed by atoms with Crippen molar-refractivity contribution in [2.45, 2.75) is 248 Å². The summed E-state index contributed by atoms with van der Waals surface area (Å²) in [5.41, 5.74) is 22.0. The highest BCUT2D eigenvalue weighted by Gasteiger charge is 2.38. The molecule has 3 aromatic carbocycles. The fourth-order valence-corrected chi connectivity index (χ4v) is 18.9. The predicted octanol–water partition coefficient (Wildman–Crippen LogP) is 26.9. The van der Waals surface area contributed by atoms with Crippen molar-refractivity contribution in [3.63, 3.8) is 0 Å². The fraction of sp³-hybridized carbons (Fsp3) is 0.517. The SMILES string of the molecule is C[C@@H]1CCC2=C1C=CC2.C[C@H]1C2=C(CC=C2)CC1(C)C.C[C@H]1CCC2=C1C=C(Cl)C2.C[C@H]1CCC2=C1C=CC2.C[C@H]1CCOc2ccc(F)cc21.C[C@H]1CCOc2ccccc21.C[C@H]1CCc2ccccc21.C[C@H]1CCc2sc(C(C)(F)F)cc21.Cc1cc2c(s1)CC[C@H]2C. The standard InChI is InChI=1S/C11H16.C10H12F2S.C10H11FO.C10H12O.C10H12.C9H11Cl.C9H12S.2C9H12/c1-8-10-6-4-5-9(10)7-11(8,2)3;1-6-3-4-8-7(6)5-9(13-8)10(2,11)12;1-7-4-5-12-10-3-2-8(11)6-9(7)10;1-8-6-7-11-10-5-3-2-4-9(8)10;1-8-6-7-9-4-2-3-5-10(8)9;1-6-2-3-7-4-8(10)5-9(6)7;1-6-3-4-9-8(6)5-7(2)10-9;2*1-7-5-6-8-3-2-4-9(7)8/h4,6,8H,5,7H2,1-3H3;5-6H,3-4H2,1-2H3;2-3,6-7H,4-5H2,1H3;2-5,8H,6-7H2,1H3;2-5,8H,6-7H2,1H3;5-6H,2-4H2,1H3;5-6H,3-4H2,1-2H3;2*2,4,7H,3,5-6H2,1H3/t8-;6-;7-;2*8-;2*6-;2*7-/m000000110/s1. The lowest BCUT2D eigenvalue weighted by Gasteiger charge is -2.25. The second-order valence-corrected chi connectivity index (χ2v) is 33.4. The summed E-state index contributed by atoms with van der Waals surface area (Å²) in [4.78, 5) is 4.52. The number of hydrogen-bond acceptors (Lipinski definition) is 4. The van der Waals surface area contributed by atoms with E-state index in [1.54, 1.807) is 78.8 Å². The molecule has 0 fully saturated rings. The molecule has 0 radical (unpaired) electrons. The number of benzene rings is 3. The smallest absolute Gasteiger partial charge is 0.279 e. The fourth-order valence-electron chi connectivity index (χ4n) is 16.2. The zero-order valence-electron chi connectivity index (χ0n) is 59.7. The van der Waals surface area contributed by atoms with E-state index in [2.05, 4.69) is 168 Å². The lowest BCUT2D eigenvalue weighted by molar-refractivity contribution is 0.0214.